The zero-order valence-electron chi connectivity index (χ0n) is 19.7. The number of ether oxygens (including phenoxy) is 1. The van der Waals surface area contributed by atoms with Crippen LogP contribution >= 0.6 is 0 Å². The van der Waals surface area contributed by atoms with Crippen molar-refractivity contribution < 1.29 is 9.53 Å². The number of benzene rings is 1. The van der Waals surface area contributed by atoms with Crippen molar-refractivity contribution in [1.29, 1.82) is 0 Å². The maximum Gasteiger partial charge on any atom is 0.237 e. The van der Waals surface area contributed by atoms with E-state index in [0.717, 1.165) is 45.5 Å². The number of carbonyl (C=O) groups is 1. The first-order chi connectivity index (χ1) is 17.1. The molecule has 1 saturated heterocycles. The minimum Gasteiger partial charge on any atom is -0.474 e. The number of carbonyl (C=O) groups excluding carboxylic acids is 1. The molecule has 10 nitrogen and oxygen atoms in total. The summed E-state index contributed by atoms with van der Waals surface area (Å²) in [4.78, 5) is 27.3. The fourth-order valence-corrected chi connectivity index (χ4v) is 4.54. The second-order valence-corrected chi connectivity index (χ2v) is 8.86. The SMILES string of the molecule is CCC(=O)N1CC(n2cc(Nc3ncc4ccc(-c5cnc6c(c5C)NCCO6)cc4n3)cn2)C1. The van der Waals surface area contributed by atoms with Crippen molar-refractivity contribution in [2.45, 2.75) is 26.3 Å². The van der Waals surface area contributed by atoms with E-state index in [-0.39, 0.29) is 11.9 Å². The molecule has 0 aliphatic carbocycles. The van der Waals surface area contributed by atoms with E-state index < -0.39 is 0 Å². The van der Waals surface area contributed by atoms with Crippen LogP contribution in [0.1, 0.15) is 24.9 Å². The summed E-state index contributed by atoms with van der Waals surface area (Å²) in [5.41, 5.74) is 5.76. The Balaban J connectivity index is 1.22. The Kier molecular flexibility index (Phi) is 5.20. The van der Waals surface area contributed by atoms with Crippen LogP contribution in [-0.4, -0.2) is 61.8 Å². The molecule has 178 valence electrons. The first-order valence-corrected chi connectivity index (χ1v) is 11.8. The minimum absolute atomic E-state index is 0.182. The van der Waals surface area contributed by atoms with Crippen LogP contribution in [0.25, 0.3) is 22.0 Å². The van der Waals surface area contributed by atoms with Gasteiger partial charge in [-0.25, -0.2) is 15.0 Å². The summed E-state index contributed by atoms with van der Waals surface area (Å²) in [6.07, 6.45) is 7.89. The number of likely N-dealkylation sites (tertiary alicyclic amines) is 1. The molecule has 2 aliphatic rings. The van der Waals surface area contributed by atoms with Crippen LogP contribution in [0.3, 0.4) is 0 Å². The lowest BCUT2D eigenvalue weighted by Gasteiger charge is -2.39. The fourth-order valence-electron chi connectivity index (χ4n) is 4.54. The summed E-state index contributed by atoms with van der Waals surface area (Å²) in [6.45, 7) is 6.74. The van der Waals surface area contributed by atoms with Gasteiger partial charge in [-0.05, 0) is 24.1 Å². The summed E-state index contributed by atoms with van der Waals surface area (Å²) in [6, 6.07) is 6.34. The van der Waals surface area contributed by atoms with Gasteiger partial charge in [-0.15, -0.1) is 0 Å². The Labute approximate surface area is 202 Å². The van der Waals surface area contributed by atoms with Crippen LogP contribution in [0.5, 0.6) is 5.88 Å². The predicted molar refractivity (Wildman–Crippen MR) is 133 cm³/mol. The molecule has 4 aromatic rings. The number of aromatic nitrogens is 5. The smallest absolute Gasteiger partial charge is 0.237 e. The van der Waals surface area contributed by atoms with Gasteiger partial charge in [0.25, 0.3) is 0 Å². The number of pyridine rings is 1. The monoisotopic (exact) mass is 470 g/mol. The summed E-state index contributed by atoms with van der Waals surface area (Å²) in [5.74, 6) is 1.34. The van der Waals surface area contributed by atoms with Crippen molar-refractivity contribution >= 4 is 34.1 Å². The fraction of sp³-hybridized carbons (Fsp3) is 0.320. The summed E-state index contributed by atoms with van der Waals surface area (Å²) in [7, 11) is 0. The lowest BCUT2D eigenvalue weighted by Crippen LogP contribution is -2.50. The van der Waals surface area contributed by atoms with Crippen molar-refractivity contribution in [3.63, 3.8) is 0 Å². The Morgan fingerprint density at radius 2 is 2.11 bits per heavy atom. The molecule has 2 aliphatic heterocycles. The number of anilines is 3. The third kappa shape index (κ3) is 3.90. The van der Waals surface area contributed by atoms with Crippen LogP contribution in [0.15, 0.2) is 43.0 Å². The third-order valence-electron chi connectivity index (χ3n) is 6.59. The molecule has 10 heteroatoms. The largest absolute Gasteiger partial charge is 0.474 e. The molecule has 1 fully saturated rings. The summed E-state index contributed by atoms with van der Waals surface area (Å²) in [5, 5.41) is 12.1. The van der Waals surface area contributed by atoms with Gasteiger partial charge in [-0.1, -0.05) is 19.1 Å². The van der Waals surface area contributed by atoms with E-state index in [2.05, 4.69) is 44.8 Å². The van der Waals surface area contributed by atoms with E-state index in [1.54, 1.807) is 6.20 Å². The Morgan fingerprint density at radius 1 is 1.23 bits per heavy atom. The lowest BCUT2D eigenvalue weighted by atomic mass is 10.00. The van der Waals surface area contributed by atoms with Crippen LogP contribution in [0, 0.1) is 6.92 Å². The van der Waals surface area contributed by atoms with Crippen molar-refractivity contribution in [2.75, 3.05) is 36.9 Å². The molecule has 35 heavy (non-hydrogen) atoms. The Hall–Kier alpha value is -4.21. The highest BCUT2D eigenvalue weighted by Crippen LogP contribution is 2.36. The number of amides is 1. The molecule has 5 heterocycles. The zero-order chi connectivity index (χ0) is 23.9. The molecule has 3 aromatic heterocycles. The number of nitrogens with zero attached hydrogens (tertiary/aromatic N) is 6. The molecule has 2 N–H and O–H groups in total. The van der Waals surface area contributed by atoms with Gasteiger partial charge in [0, 0.05) is 55.6 Å². The molecule has 1 aromatic carbocycles. The molecule has 0 atom stereocenters. The van der Waals surface area contributed by atoms with Gasteiger partial charge in [0.1, 0.15) is 12.3 Å². The highest BCUT2D eigenvalue weighted by atomic mass is 16.5. The normalized spacial score (nSPS) is 15.2. The summed E-state index contributed by atoms with van der Waals surface area (Å²) < 4.78 is 7.55. The number of hydrogen-bond donors (Lipinski definition) is 2. The molecule has 6 rings (SSSR count). The number of nitrogens with one attached hydrogen (secondary N) is 2. The van der Waals surface area contributed by atoms with E-state index in [9.17, 15) is 4.79 Å². The average Bonchev–Trinajstić information content (AvgIpc) is 3.30. The maximum absolute atomic E-state index is 11.8. The topological polar surface area (TPSA) is 110 Å². The molecule has 1 amide bonds. The maximum atomic E-state index is 11.8. The second kappa shape index (κ2) is 8.53. The van der Waals surface area contributed by atoms with Crippen LogP contribution < -0.4 is 15.4 Å². The number of hydrogen-bond acceptors (Lipinski definition) is 8. The van der Waals surface area contributed by atoms with Gasteiger partial charge in [-0.3, -0.25) is 9.48 Å². The molecule has 0 radical (unpaired) electrons. The van der Waals surface area contributed by atoms with Gasteiger partial charge in [0.05, 0.1) is 23.4 Å². The minimum atomic E-state index is 0.182. The van der Waals surface area contributed by atoms with Crippen LogP contribution in [0.2, 0.25) is 0 Å². The van der Waals surface area contributed by atoms with Gasteiger partial charge in [0.15, 0.2) is 0 Å². The molecule has 0 spiro atoms. The van der Waals surface area contributed by atoms with Crippen molar-refractivity contribution in [3.8, 4) is 17.0 Å². The highest BCUT2D eigenvalue weighted by Gasteiger charge is 2.31. The molecule has 0 unspecified atom stereocenters. The average molecular weight is 471 g/mol. The number of fused-ring (bicyclic) bond motifs is 2. The van der Waals surface area contributed by atoms with Gasteiger partial charge in [-0.2, -0.15) is 5.10 Å². The third-order valence-corrected chi connectivity index (χ3v) is 6.59. The predicted octanol–water partition coefficient (Wildman–Crippen LogP) is 3.54. The quantitative estimate of drug-likeness (QED) is 0.456. The molecular weight excluding hydrogens is 444 g/mol. The second-order valence-electron chi connectivity index (χ2n) is 8.86. The van der Waals surface area contributed by atoms with Gasteiger partial charge in [0.2, 0.25) is 17.7 Å². The molecular formula is C25H26N8O2. The van der Waals surface area contributed by atoms with E-state index in [1.165, 1.54) is 0 Å². The Bertz CT molecular complexity index is 1430. The van der Waals surface area contributed by atoms with Crippen molar-refractivity contribution in [3.05, 3.63) is 48.5 Å². The first-order valence-electron chi connectivity index (χ1n) is 11.8. The van der Waals surface area contributed by atoms with E-state index >= 15 is 0 Å². The van der Waals surface area contributed by atoms with Gasteiger partial charge < -0.3 is 20.3 Å². The summed E-state index contributed by atoms with van der Waals surface area (Å²) >= 11 is 0. The van der Waals surface area contributed by atoms with E-state index in [1.807, 2.05) is 41.2 Å². The van der Waals surface area contributed by atoms with E-state index in [4.69, 9.17) is 9.72 Å². The standard InChI is InChI=1S/C25H26N8O2/c1-3-22(34)32-13-19(14-32)33-12-18(10-29-33)30-25-28-9-17-5-4-16(8-21(17)31-25)20-11-27-24-23(15(20)2)26-6-7-35-24/h4-5,8-12,19,26H,3,6-7,13-14H2,1-2H3,(H,28,30,31). The van der Waals surface area contributed by atoms with Crippen LogP contribution in [-0.2, 0) is 4.79 Å². The number of rotatable bonds is 5. The Morgan fingerprint density at radius 3 is 2.97 bits per heavy atom. The highest BCUT2D eigenvalue weighted by molar-refractivity contribution is 5.86. The zero-order valence-corrected chi connectivity index (χ0v) is 19.7. The van der Waals surface area contributed by atoms with Crippen molar-refractivity contribution in [1.82, 2.24) is 29.6 Å². The molecule has 0 saturated carbocycles. The molecule has 0 bridgehead atoms. The van der Waals surface area contributed by atoms with Gasteiger partial charge >= 0.3 is 0 Å². The van der Waals surface area contributed by atoms with E-state index in [0.29, 0.717) is 37.9 Å². The lowest BCUT2D eigenvalue weighted by molar-refractivity contribution is -0.136. The first kappa shape index (κ1) is 21.3. The van der Waals surface area contributed by atoms with Crippen LogP contribution in [0.4, 0.5) is 17.3 Å². The van der Waals surface area contributed by atoms with Crippen molar-refractivity contribution in [2.24, 2.45) is 0 Å².